The minimum absolute atomic E-state index is 0. The van der Waals surface area contributed by atoms with Crippen LogP contribution in [0.2, 0.25) is 0 Å². The number of ether oxygens (including phenoxy) is 3. The highest BCUT2D eigenvalue weighted by molar-refractivity contribution is 7.47. The van der Waals surface area contributed by atoms with Crippen molar-refractivity contribution >= 4 is 38.1 Å². The molecule has 0 aromatic heterocycles. The molecular formula is C44H88ClN2O11P. The number of unbranched alkanes of at least 4 members (excludes halogenated alkanes) is 25. The molecule has 0 aliphatic rings. The number of carbonyl (C=O) groups excluding carboxylic acids is 3. The highest BCUT2D eigenvalue weighted by atomic mass is 35.5. The lowest BCUT2D eigenvalue weighted by Crippen LogP contribution is -2.35. The SMILES string of the molecule is CCCCCCCCCCCCCCCC(=O)OC[C@H](COP(=O)(O)OCC(O)COC(=O)[C@@H](N)CCCCN)OC(=O)CCCCCCCCCCCCCCC.Cl. The number of rotatable bonds is 44. The van der Waals surface area contributed by atoms with Gasteiger partial charge in [-0.05, 0) is 32.2 Å². The first-order valence-electron chi connectivity index (χ1n) is 23.3. The molecule has 13 nitrogen and oxygen atoms in total. The number of esters is 3. The minimum atomic E-state index is -4.74. The molecule has 0 aliphatic carbocycles. The molecule has 0 heterocycles. The molecule has 15 heteroatoms. The maximum atomic E-state index is 12.7. The number of phosphoric ester groups is 1. The van der Waals surface area contributed by atoms with Crippen LogP contribution in [0.5, 0.6) is 0 Å². The second kappa shape index (κ2) is 43.3. The summed E-state index contributed by atoms with van der Waals surface area (Å²) >= 11 is 0. The smallest absolute Gasteiger partial charge is 0.462 e. The quantitative estimate of drug-likeness (QED) is 0.0195. The molecule has 0 bridgehead atoms. The molecule has 6 N–H and O–H groups in total. The maximum Gasteiger partial charge on any atom is 0.472 e. The molecule has 0 aromatic carbocycles. The van der Waals surface area contributed by atoms with Gasteiger partial charge >= 0.3 is 25.7 Å². The Bertz CT molecular complexity index is 1030. The van der Waals surface area contributed by atoms with E-state index in [2.05, 4.69) is 13.8 Å². The van der Waals surface area contributed by atoms with Crippen LogP contribution in [-0.4, -0.2) is 79.1 Å². The summed E-state index contributed by atoms with van der Waals surface area (Å²) < 4.78 is 38.5. The van der Waals surface area contributed by atoms with Gasteiger partial charge in [0.25, 0.3) is 0 Å². The van der Waals surface area contributed by atoms with Crippen molar-refractivity contribution < 1.29 is 52.2 Å². The van der Waals surface area contributed by atoms with Crippen molar-refractivity contribution in [2.24, 2.45) is 11.5 Å². The van der Waals surface area contributed by atoms with E-state index < -0.39 is 63.8 Å². The molecule has 0 aliphatic heterocycles. The standard InChI is InChI=1S/C44H87N2O11P.ClH/c1-3-5-7-9-11-13-15-17-19-21-23-25-27-32-42(48)53-37-40(57-43(49)33-28-26-24-22-20-18-16-14-12-10-8-6-4-2)38-56-58(51,52)55-36-39(47)35-54-44(50)41(46)31-29-30-34-45;/h39-41,47H,3-38,45-46H2,1-2H3,(H,51,52);1H/t39?,40-,41+;/m1./s1. The van der Waals surface area contributed by atoms with Crippen LogP contribution in [0.4, 0.5) is 0 Å². The first-order valence-corrected chi connectivity index (χ1v) is 24.8. The Balaban J connectivity index is 0. The summed E-state index contributed by atoms with van der Waals surface area (Å²) in [5.41, 5.74) is 11.2. The fourth-order valence-corrected chi connectivity index (χ4v) is 7.34. The summed E-state index contributed by atoms with van der Waals surface area (Å²) in [5.74, 6) is -1.68. The highest BCUT2D eigenvalue weighted by Gasteiger charge is 2.28. The van der Waals surface area contributed by atoms with Gasteiger partial charge in [0.15, 0.2) is 6.10 Å². The van der Waals surface area contributed by atoms with Crippen LogP contribution in [0.1, 0.15) is 213 Å². The first-order chi connectivity index (χ1) is 28.0. The van der Waals surface area contributed by atoms with E-state index in [0.717, 1.165) is 38.5 Å². The van der Waals surface area contributed by atoms with E-state index in [1.165, 1.54) is 116 Å². The van der Waals surface area contributed by atoms with Gasteiger partial charge in [0.2, 0.25) is 0 Å². The van der Waals surface area contributed by atoms with Gasteiger partial charge in [0.1, 0.15) is 25.4 Å². The van der Waals surface area contributed by atoms with Gasteiger partial charge in [-0.25, -0.2) is 4.57 Å². The van der Waals surface area contributed by atoms with Gasteiger partial charge in [-0.15, -0.1) is 12.4 Å². The molecule has 2 unspecified atom stereocenters. The minimum Gasteiger partial charge on any atom is -0.462 e. The third-order valence-corrected chi connectivity index (χ3v) is 11.2. The molecular weight excluding hydrogens is 799 g/mol. The Hall–Kier alpha value is -1.31. The summed E-state index contributed by atoms with van der Waals surface area (Å²) in [4.78, 5) is 47.5. The number of aliphatic hydroxyl groups excluding tert-OH is 1. The Labute approximate surface area is 364 Å². The van der Waals surface area contributed by atoms with Crippen molar-refractivity contribution in [2.45, 2.75) is 231 Å². The molecule has 352 valence electrons. The Morgan fingerprint density at radius 1 is 0.542 bits per heavy atom. The second-order valence-electron chi connectivity index (χ2n) is 16.0. The van der Waals surface area contributed by atoms with Gasteiger partial charge in [-0.3, -0.25) is 23.4 Å². The van der Waals surface area contributed by atoms with Crippen molar-refractivity contribution in [3.05, 3.63) is 0 Å². The largest absolute Gasteiger partial charge is 0.472 e. The molecule has 0 saturated heterocycles. The Morgan fingerprint density at radius 2 is 0.949 bits per heavy atom. The average molecular weight is 888 g/mol. The van der Waals surface area contributed by atoms with Crippen LogP contribution in [0.25, 0.3) is 0 Å². The number of hydrogen-bond acceptors (Lipinski definition) is 12. The lowest BCUT2D eigenvalue weighted by molar-refractivity contribution is -0.161. The van der Waals surface area contributed by atoms with Gasteiger partial charge in [0, 0.05) is 12.8 Å². The fourth-order valence-electron chi connectivity index (χ4n) is 6.55. The summed E-state index contributed by atoms with van der Waals surface area (Å²) in [6.07, 6.45) is 30.4. The number of carbonyl (C=O) groups is 3. The zero-order valence-corrected chi connectivity index (χ0v) is 39.0. The normalized spacial score (nSPS) is 13.9. The van der Waals surface area contributed by atoms with Gasteiger partial charge in [-0.2, -0.15) is 0 Å². The van der Waals surface area contributed by atoms with Crippen LogP contribution in [-0.2, 0) is 42.2 Å². The van der Waals surface area contributed by atoms with Crippen LogP contribution < -0.4 is 11.5 Å². The van der Waals surface area contributed by atoms with Crippen molar-refractivity contribution in [3.63, 3.8) is 0 Å². The van der Waals surface area contributed by atoms with E-state index in [9.17, 15) is 28.9 Å². The molecule has 0 spiro atoms. The van der Waals surface area contributed by atoms with Crippen molar-refractivity contribution in [2.75, 3.05) is 33.0 Å². The Kier molecular flexibility index (Phi) is 43.9. The molecule has 0 radical (unpaired) electrons. The van der Waals surface area contributed by atoms with Gasteiger partial charge in [-0.1, -0.05) is 174 Å². The van der Waals surface area contributed by atoms with Crippen LogP contribution >= 0.6 is 20.2 Å². The summed E-state index contributed by atoms with van der Waals surface area (Å²) in [6.45, 7) is 2.85. The van der Waals surface area contributed by atoms with Crippen LogP contribution in [0.15, 0.2) is 0 Å². The molecule has 0 aromatic rings. The maximum absolute atomic E-state index is 12.7. The number of nitrogens with two attached hydrogens (primary N) is 2. The average Bonchev–Trinajstić information content (AvgIpc) is 3.20. The lowest BCUT2D eigenvalue weighted by atomic mass is 10.0. The highest BCUT2D eigenvalue weighted by Crippen LogP contribution is 2.43. The summed E-state index contributed by atoms with van der Waals surface area (Å²) in [6, 6.07) is -0.875. The van der Waals surface area contributed by atoms with Crippen LogP contribution in [0.3, 0.4) is 0 Å². The predicted molar refractivity (Wildman–Crippen MR) is 238 cm³/mol. The van der Waals surface area contributed by atoms with E-state index in [0.29, 0.717) is 38.6 Å². The number of aliphatic hydroxyl groups is 1. The zero-order chi connectivity index (χ0) is 43.0. The van der Waals surface area contributed by atoms with E-state index >= 15 is 0 Å². The van der Waals surface area contributed by atoms with Crippen molar-refractivity contribution in [3.8, 4) is 0 Å². The van der Waals surface area contributed by atoms with E-state index in [4.69, 9.17) is 34.7 Å². The molecule has 0 saturated carbocycles. The third kappa shape index (κ3) is 41.8. The molecule has 0 rings (SSSR count). The number of halogens is 1. The molecule has 0 fully saturated rings. The summed E-state index contributed by atoms with van der Waals surface area (Å²) in [7, 11) is -4.74. The van der Waals surface area contributed by atoms with Crippen molar-refractivity contribution in [1.82, 2.24) is 0 Å². The molecule has 4 atom stereocenters. The lowest BCUT2D eigenvalue weighted by Gasteiger charge is -2.20. The van der Waals surface area contributed by atoms with E-state index in [1.54, 1.807) is 0 Å². The van der Waals surface area contributed by atoms with Crippen LogP contribution in [0, 0.1) is 0 Å². The number of phosphoric acid groups is 1. The monoisotopic (exact) mass is 887 g/mol. The predicted octanol–water partition coefficient (Wildman–Crippen LogP) is 10.3. The second-order valence-corrected chi connectivity index (χ2v) is 17.5. The van der Waals surface area contributed by atoms with E-state index in [-0.39, 0.29) is 31.9 Å². The molecule has 0 amide bonds. The third-order valence-electron chi connectivity index (χ3n) is 10.2. The fraction of sp³-hybridized carbons (Fsp3) is 0.932. The number of hydrogen-bond donors (Lipinski definition) is 4. The topological polar surface area (TPSA) is 207 Å². The Morgan fingerprint density at radius 3 is 1.39 bits per heavy atom. The van der Waals surface area contributed by atoms with Gasteiger partial charge < -0.3 is 35.7 Å². The first kappa shape index (κ1) is 59.8. The zero-order valence-electron chi connectivity index (χ0n) is 37.3. The van der Waals surface area contributed by atoms with Gasteiger partial charge in [0.05, 0.1) is 13.2 Å². The van der Waals surface area contributed by atoms with Crippen molar-refractivity contribution in [1.29, 1.82) is 0 Å². The molecule has 59 heavy (non-hydrogen) atoms. The summed E-state index contributed by atoms with van der Waals surface area (Å²) in [5, 5.41) is 10.1. The van der Waals surface area contributed by atoms with E-state index in [1.807, 2.05) is 0 Å².